The maximum atomic E-state index is 9.45. The van der Waals surface area contributed by atoms with E-state index in [1.54, 1.807) is 6.20 Å². The molecule has 1 saturated heterocycles. The highest BCUT2D eigenvalue weighted by Crippen LogP contribution is 2.20. The zero-order valence-electron chi connectivity index (χ0n) is 8.93. The topological polar surface area (TPSA) is 62.4 Å². The van der Waals surface area contributed by atoms with E-state index in [1.165, 1.54) is 0 Å². The Morgan fingerprint density at radius 2 is 2.47 bits per heavy atom. The Morgan fingerprint density at radius 1 is 1.67 bits per heavy atom. The molecule has 1 aromatic heterocycles. The molecule has 1 unspecified atom stereocenters. The average molecular weight is 207 g/mol. The fraction of sp³-hybridized carbons (Fsp3) is 0.545. The summed E-state index contributed by atoms with van der Waals surface area (Å²) < 4.78 is 0. The van der Waals surface area contributed by atoms with Gasteiger partial charge in [0.15, 0.2) is 0 Å². The number of nitrogens with zero attached hydrogens (tertiary/aromatic N) is 2. The molecule has 1 aliphatic rings. The third kappa shape index (κ3) is 2.27. The van der Waals surface area contributed by atoms with Gasteiger partial charge in [0.1, 0.15) is 5.82 Å². The highest BCUT2D eigenvalue weighted by atomic mass is 16.3. The van der Waals surface area contributed by atoms with Gasteiger partial charge in [0, 0.05) is 25.3 Å². The standard InChI is InChI=1S/C11H17N3O/c1-8(12)9-2-4-13-11(6-9)14-5-3-10(15)7-14/h2,4,6,8,10,15H,3,5,7,12H2,1H3/t8-,10?/m1/s1. The number of pyridine rings is 1. The van der Waals surface area contributed by atoms with Gasteiger partial charge in [-0.2, -0.15) is 0 Å². The summed E-state index contributed by atoms with van der Waals surface area (Å²) in [6.45, 7) is 3.50. The molecule has 2 atom stereocenters. The molecule has 0 radical (unpaired) electrons. The molecule has 15 heavy (non-hydrogen) atoms. The Labute approximate surface area is 89.7 Å². The zero-order chi connectivity index (χ0) is 10.8. The van der Waals surface area contributed by atoms with E-state index in [2.05, 4.69) is 9.88 Å². The maximum Gasteiger partial charge on any atom is 0.128 e. The summed E-state index contributed by atoms with van der Waals surface area (Å²) in [7, 11) is 0. The van der Waals surface area contributed by atoms with E-state index < -0.39 is 0 Å². The Kier molecular flexibility index (Phi) is 2.88. The van der Waals surface area contributed by atoms with Crippen molar-refractivity contribution < 1.29 is 5.11 Å². The third-order valence-electron chi connectivity index (χ3n) is 2.78. The van der Waals surface area contributed by atoms with Gasteiger partial charge >= 0.3 is 0 Å². The number of rotatable bonds is 2. The molecule has 0 bridgehead atoms. The van der Waals surface area contributed by atoms with Crippen molar-refractivity contribution in [3.63, 3.8) is 0 Å². The summed E-state index contributed by atoms with van der Waals surface area (Å²) in [5.74, 6) is 0.918. The number of nitrogens with two attached hydrogens (primary N) is 1. The van der Waals surface area contributed by atoms with Crippen LogP contribution in [0.1, 0.15) is 24.9 Å². The minimum absolute atomic E-state index is 0.0271. The second kappa shape index (κ2) is 4.16. The first-order valence-electron chi connectivity index (χ1n) is 5.31. The number of aliphatic hydroxyl groups is 1. The van der Waals surface area contributed by atoms with E-state index in [1.807, 2.05) is 19.1 Å². The Hall–Kier alpha value is -1.13. The molecule has 0 amide bonds. The minimum atomic E-state index is -0.217. The Bertz CT molecular complexity index is 340. The smallest absolute Gasteiger partial charge is 0.128 e. The van der Waals surface area contributed by atoms with E-state index in [0.717, 1.165) is 24.3 Å². The first-order chi connectivity index (χ1) is 7.16. The second-order valence-corrected chi connectivity index (χ2v) is 4.12. The largest absolute Gasteiger partial charge is 0.391 e. The van der Waals surface area contributed by atoms with Crippen molar-refractivity contribution in [3.8, 4) is 0 Å². The normalized spacial score (nSPS) is 23.1. The number of aromatic nitrogens is 1. The van der Waals surface area contributed by atoms with Gasteiger partial charge in [-0.3, -0.25) is 0 Å². The summed E-state index contributed by atoms with van der Waals surface area (Å²) in [5.41, 5.74) is 6.90. The molecule has 82 valence electrons. The number of hydrogen-bond donors (Lipinski definition) is 2. The van der Waals surface area contributed by atoms with Gasteiger partial charge in [-0.1, -0.05) is 0 Å². The van der Waals surface area contributed by atoms with Crippen LogP contribution in [-0.4, -0.2) is 29.3 Å². The van der Waals surface area contributed by atoms with Gasteiger partial charge in [0.05, 0.1) is 6.10 Å². The third-order valence-corrected chi connectivity index (χ3v) is 2.78. The van der Waals surface area contributed by atoms with E-state index in [9.17, 15) is 5.11 Å². The number of hydrogen-bond acceptors (Lipinski definition) is 4. The second-order valence-electron chi connectivity index (χ2n) is 4.12. The van der Waals surface area contributed by atoms with Crippen molar-refractivity contribution in [1.82, 2.24) is 4.98 Å². The Balaban J connectivity index is 2.18. The average Bonchev–Trinajstić information content (AvgIpc) is 2.65. The SMILES string of the molecule is C[C@@H](N)c1ccnc(N2CCC(O)C2)c1. The lowest BCUT2D eigenvalue weighted by Crippen LogP contribution is -2.22. The summed E-state index contributed by atoms with van der Waals surface area (Å²) in [4.78, 5) is 6.39. The van der Waals surface area contributed by atoms with Gasteiger partial charge in [-0.05, 0) is 31.0 Å². The predicted octanol–water partition coefficient (Wildman–Crippen LogP) is 0.672. The highest BCUT2D eigenvalue weighted by Gasteiger charge is 2.21. The summed E-state index contributed by atoms with van der Waals surface area (Å²) in [5, 5.41) is 9.45. The summed E-state index contributed by atoms with van der Waals surface area (Å²) in [6, 6.07) is 3.96. The van der Waals surface area contributed by atoms with Gasteiger partial charge in [-0.15, -0.1) is 0 Å². The Morgan fingerprint density at radius 3 is 3.07 bits per heavy atom. The van der Waals surface area contributed by atoms with Crippen LogP contribution in [0.4, 0.5) is 5.82 Å². The van der Waals surface area contributed by atoms with Crippen LogP contribution in [0.15, 0.2) is 18.3 Å². The van der Waals surface area contributed by atoms with Crippen LogP contribution < -0.4 is 10.6 Å². The van der Waals surface area contributed by atoms with Gasteiger partial charge in [0.25, 0.3) is 0 Å². The van der Waals surface area contributed by atoms with E-state index in [4.69, 9.17) is 5.73 Å². The highest BCUT2D eigenvalue weighted by molar-refractivity contribution is 5.42. The fourth-order valence-corrected chi connectivity index (χ4v) is 1.84. The fourth-order valence-electron chi connectivity index (χ4n) is 1.84. The van der Waals surface area contributed by atoms with Crippen LogP contribution in [0.25, 0.3) is 0 Å². The molecule has 3 N–H and O–H groups in total. The molecule has 2 rings (SSSR count). The lowest BCUT2D eigenvalue weighted by Gasteiger charge is -2.17. The van der Waals surface area contributed by atoms with Crippen LogP contribution in [0.2, 0.25) is 0 Å². The molecule has 4 nitrogen and oxygen atoms in total. The van der Waals surface area contributed by atoms with E-state index in [0.29, 0.717) is 6.54 Å². The number of aliphatic hydroxyl groups excluding tert-OH is 1. The van der Waals surface area contributed by atoms with E-state index >= 15 is 0 Å². The van der Waals surface area contributed by atoms with Crippen LogP contribution in [0.5, 0.6) is 0 Å². The van der Waals surface area contributed by atoms with Crippen LogP contribution >= 0.6 is 0 Å². The van der Waals surface area contributed by atoms with Gasteiger partial charge in [0.2, 0.25) is 0 Å². The molecule has 1 aliphatic heterocycles. The van der Waals surface area contributed by atoms with Crippen LogP contribution in [0.3, 0.4) is 0 Å². The van der Waals surface area contributed by atoms with Crippen molar-refractivity contribution in [2.75, 3.05) is 18.0 Å². The van der Waals surface area contributed by atoms with Crippen molar-refractivity contribution in [2.24, 2.45) is 5.73 Å². The number of β-amino-alcohol motifs (C(OH)–C–C–N with tert-alkyl or cyclic N) is 1. The van der Waals surface area contributed by atoms with Crippen LogP contribution in [0, 0.1) is 0 Å². The van der Waals surface area contributed by atoms with Crippen molar-refractivity contribution in [2.45, 2.75) is 25.5 Å². The molecular weight excluding hydrogens is 190 g/mol. The lowest BCUT2D eigenvalue weighted by atomic mass is 10.1. The first kappa shape index (κ1) is 10.4. The molecule has 1 aromatic rings. The molecule has 0 aliphatic carbocycles. The van der Waals surface area contributed by atoms with Crippen molar-refractivity contribution in [3.05, 3.63) is 23.9 Å². The number of anilines is 1. The summed E-state index contributed by atoms with van der Waals surface area (Å²) in [6.07, 6.45) is 2.38. The van der Waals surface area contributed by atoms with E-state index in [-0.39, 0.29) is 12.1 Å². The van der Waals surface area contributed by atoms with Crippen molar-refractivity contribution in [1.29, 1.82) is 0 Å². The molecule has 0 spiro atoms. The lowest BCUT2D eigenvalue weighted by molar-refractivity contribution is 0.198. The maximum absolute atomic E-state index is 9.45. The molecule has 2 heterocycles. The quantitative estimate of drug-likeness (QED) is 0.748. The molecule has 4 heteroatoms. The zero-order valence-corrected chi connectivity index (χ0v) is 8.93. The first-order valence-corrected chi connectivity index (χ1v) is 5.31. The van der Waals surface area contributed by atoms with Crippen LogP contribution in [-0.2, 0) is 0 Å². The molecule has 1 fully saturated rings. The molecule has 0 aromatic carbocycles. The molecule has 0 saturated carbocycles. The monoisotopic (exact) mass is 207 g/mol. The van der Waals surface area contributed by atoms with Crippen molar-refractivity contribution >= 4 is 5.82 Å². The summed E-state index contributed by atoms with van der Waals surface area (Å²) >= 11 is 0. The van der Waals surface area contributed by atoms with Gasteiger partial charge in [-0.25, -0.2) is 4.98 Å². The molecular formula is C11H17N3O. The van der Waals surface area contributed by atoms with Gasteiger partial charge < -0.3 is 15.7 Å². The minimum Gasteiger partial charge on any atom is -0.391 e. The predicted molar refractivity (Wildman–Crippen MR) is 59.7 cm³/mol.